The zero-order chi connectivity index (χ0) is 61.4. The van der Waals surface area contributed by atoms with Gasteiger partial charge in [0.15, 0.2) is 22.8 Å². The minimum Gasteiger partial charge on any atom is -0.476 e. The Morgan fingerprint density at radius 1 is 0.477 bits per heavy atom. The molecule has 4 aromatic heterocycles. The Morgan fingerprint density at radius 3 is 1.19 bits per heavy atom. The summed E-state index contributed by atoms with van der Waals surface area (Å²) in [6.07, 6.45) is -0.700. The molecule has 8 rings (SSSR count). The molecular weight excluding hydrogens is 1130 g/mol. The zero-order valence-electron chi connectivity index (χ0n) is 45.4. The molecule has 0 aliphatic heterocycles. The Balaban J connectivity index is 0.00000142. The number of carboxylic acid groups (broad SMARTS) is 2. The topological polar surface area (TPSA) is 369 Å². The lowest BCUT2D eigenvalue weighted by atomic mass is 10.1. The first-order valence-electron chi connectivity index (χ1n) is 26.4. The van der Waals surface area contributed by atoms with E-state index in [4.69, 9.17) is 42.8 Å². The summed E-state index contributed by atoms with van der Waals surface area (Å²) in [5, 5.41) is 30.5. The third-order valence-electron chi connectivity index (χ3n) is 12.3. The highest BCUT2D eigenvalue weighted by molar-refractivity contribution is 5.94. The number of alkyl halides is 3. The zero-order valence-corrected chi connectivity index (χ0v) is 45.4. The molecule has 4 aromatic carbocycles. The van der Waals surface area contributed by atoms with Crippen LogP contribution in [0.3, 0.4) is 0 Å². The van der Waals surface area contributed by atoms with Gasteiger partial charge in [-0.2, -0.15) is 13.2 Å². The fourth-order valence-corrected chi connectivity index (χ4v) is 7.97. The SMILES string of the molecule is N[C@@H](Cc1ccccc1)c1nc(C(=O)N[C@@H](Cc2ccccc2)c2nc(C(=O)N[C@@H](CCCNC(=O)OCc3ccccc3)c3nc(C(=O)N[C@@H](CCCNC(=O)OCc4ccccc4)c4nc(C(=O)O)co4)co3)co2)co1.O=C(O)C(F)(F)F. The van der Waals surface area contributed by atoms with Crippen molar-refractivity contribution in [2.45, 2.75) is 82.1 Å². The summed E-state index contributed by atoms with van der Waals surface area (Å²) in [4.78, 5) is 105. The molecule has 0 unspecified atom stereocenters. The number of rotatable bonds is 27. The molecule has 4 heterocycles. The maximum Gasteiger partial charge on any atom is 0.490 e. The van der Waals surface area contributed by atoms with Gasteiger partial charge in [-0.15, -0.1) is 0 Å². The number of hydrogen-bond donors (Lipinski definition) is 8. The number of benzene rings is 4. The molecule has 0 saturated carbocycles. The highest BCUT2D eigenvalue weighted by atomic mass is 19.4. The predicted octanol–water partition coefficient (Wildman–Crippen LogP) is 8.28. The monoisotopic (exact) mass is 1190 g/mol. The van der Waals surface area contributed by atoms with Crippen LogP contribution in [0.25, 0.3) is 0 Å². The lowest BCUT2D eigenvalue weighted by molar-refractivity contribution is -0.192. The van der Waals surface area contributed by atoms with Gasteiger partial charge in [0, 0.05) is 19.5 Å². The van der Waals surface area contributed by atoms with E-state index in [0.717, 1.165) is 41.0 Å². The van der Waals surface area contributed by atoms with Gasteiger partial charge in [0.2, 0.25) is 23.6 Å². The maximum atomic E-state index is 14.1. The Labute approximate surface area is 486 Å². The molecule has 25 nitrogen and oxygen atoms in total. The molecule has 0 saturated heterocycles. The number of amides is 5. The first-order chi connectivity index (χ1) is 41.4. The van der Waals surface area contributed by atoms with E-state index < -0.39 is 77.9 Å². The van der Waals surface area contributed by atoms with Gasteiger partial charge < -0.3 is 69.7 Å². The molecule has 5 amide bonds. The number of carbonyl (C=O) groups excluding carboxylic acids is 5. The summed E-state index contributed by atoms with van der Waals surface area (Å²) in [6, 6.07) is 33.4. The molecule has 8 aromatic rings. The minimum atomic E-state index is -5.08. The maximum absolute atomic E-state index is 14.1. The second-order valence-corrected chi connectivity index (χ2v) is 18.7. The van der Waals surface area contributed by atoms with Crippen molar-refractivity contribution in [3.05, 3.63) is 215 Å². The van der Waals surface area contributed by atoms with E-state index in [9.17, 15) is 47.0 Å². The average Bonchev–Trinajstić information content (AvgIpc) is 3.45. The Hall–Kier alpha value is -10.6. The van der Waals surface area contributed by atoms with Crippen LogP contribution >= 0.6 is 0 Å². The van der Waals surface area contributed by atoms with E-state index in [1.165, 1.54) is 6.26 Å². The van der Waals surface area contributed by atoms with Gasteiger partial charge in [0.25, 0.3) is 17.7 Å². The number of ether oxygens (including phenoxy) is 2. The number of nitrogens with zero attached hydrogens (tertiary/aromatic N) is 4. The van der Waals surface area contributed by atoms with Crippen LogP contribution in [-0.2, 0) is 40.3 Å². The summed E-state index contributed by atoms with van der Waals surface area (Å²) >= 11 is 0. The number of halogens is 3. The van der Waals surface area contributed by atoms with E-state index in [-0.39, 0.29) is 99.1 Å². The van der Waals surface area contributed by atoms with Crippen molar-refractivity contribution in [3.8, 4) is 0 Å². The number of hydrogen-bond acceptors (Lipinski definition) is 18. The smallest absolute Gasteiger partial charge is 0.476 e. The van der Waals surface area contributed by atoms with Gasteiger partial charge in [-0.05, 0) is 54.4 Å². The highest BCUT2D eigenvalue weighted by Crippen LogP contribution is 2.25. The number of carboxylic acids is 2. The van der Waals surface area contributed by atoms with Gasteiger partial charge in [-0.3, -0.25) is 14.4 Å². The number of nitrogens with one attached hydrogen (secondary N) is 5. The third kappa shape index (κ3) is 19.8. The summed E-state index contributed by atoms with van der Waals surface area (Å²) in [5.74, 6) is -6.30. The first kappa shape index (κ1) is 63.0. The first-order valence-corrected chi connectivity index (χ1v) is 26.4. The van der Waals surface area contributed by atoms with Gasteiger partial charge >= 0.3 is 30.3 Å². The number of nitrogens with two attached hydrogens (primary N) is 1. The van der Waals surface area contributed by atoms with E-state index in [1.54, 1.807) is 0 Å². The molecular formula is C58H57F3N10O15. The molecule has 9 N–H and O–H groups in total. The van der Waals surface area contributed by atoms with E-state index >= 15 is 0 Å². The van der Waals surface area contributed by atoms with Crippen molar-refractivity contribution in [1.29, 1.82) is 0 Å². The fraction of sp³-hybridized carbons (Fsp3) is 0.259. The van der Waals surface area contributed by atoms with Gasteiger partial charge in [-0.1, -0.05) is 121 Å². The predicted molar refractivity (Wildman–Crippen MR) is 292 cm³/mol. The normalized spacial score (nSPS) is 12.4. The molecule has 450 valence electrons. The van der Waals surface area contributed by atoms with Crippen molar-refractivity contribution in [1.82, 2.24) is 46.5 Å². The third-order valence-corrected chi connectivity index (χ3v) is 12.3. The number of oxazole rings is 4. The number of carbonyl (C=O) groups is 7. The van der Waals surface area contributed by atoms with E-state index in [1.807, 2.05) is 121 Å². The Kier molecular flexibility index (Phi) is 22.8. The van der Waals surface area contributed by atoms with Crippen LogP contribution in [-0.4, -0.2) is 91.3 Å². The van der Waals surface area contributed by atoms with Crippen LogP contribution in [0.5, 0.6) is 0 Å². The number of alkyl carbamates (subject to hydrolysis) is 2. The fourth-order valence-electron chi connectivity index (χ4n) is 7.97. The van der Waals surface area contributed by atoms with Crippen molar-refractivity contribution >= 4 is 41.8 Å². The summed E-state index contributed by atoms with van der Waals surface area (Å²) < 4.78 is 65.1. The summed E-state index contributed by atoms with van der Waals surface area (Å²) in [6.45, 7) is 0.324. The van der Waals surface area contributed by atoms with Crippen molar-refractivity contribution in [2.75, 3.05) is 13.1 Å². The molecule has 28 heteroatoms. The lowest BCUT2D eigenvalue weighted by Crippen LogP contribution is -2.32. The second-order valence-electron chi connectivity index (χ2n) is 18.7. The molecule has 0 aliphatic rings. The van der Waals surface area contributed by atoms with E-state index in [0.29, 0.717) is 6.42 Å². The van der Waals surface area contributed by atoms with Crippen LogP contribution in [0.4, 0.5) is 22.8 Å². The summed E-state index contributed by atoms with van der Waals surface area (Å²) in [5.41, 5.74) is 8.93. The largest absolute Gasteiger partial charge is 0.490 e. The number of aromatic carboxylic acids is 1. The standard InChI is InChI=1S/C56H56N10O13.C2HF3O2/c57-39(27-35-15-5-1-6-16-35)50-63-43(31-74-50)49(69)62-42(28-36-17-7-2-8-18-36)53-65-45(33-76-53)48(68)60-40(23-13-25-58-55(72)78-29-37-19-9-3-10-20-37)51-64-44(32-75-51)47(67)61-41(52-66-46(34-77-52)54(70)71)24-14-26-59-56(73)79-30-38-21-11-4-12-22-38;3-2(4,5)1(6)7/h1-12,15-22,31-34,39-42H,13-14,23-30,57H2,(H,58,72)(H,59,73)(H,60,68)(H,61,67)(H,62,69)(H,70,71);(H,6,7)/t39-,40-,41-,42-;/m0./s1. The van der Waals surface area contributed by atoms with E-state index in [2.05, 4.69) is 46.5 Å². The molecule has 4 atom stereocenters. The highest BCUT2D eigenvalue weighted by Gasteiger charge is 2.38. The second kappa shape index (κ2) is 31.1. The number of aromatic nitrogens is 4. The molecule has 86 heavy (non-hydrogen) atoms. The molecule has 0 bridgehead atoms. The minimum absolute atomic E-state index is 0.00783. The average molecular weight is 1190 g/mol. The van der Waals surface area contributed by atoms with Crippen LogP contribution in [0, 0.1) is 0 Å². The quantitative estimate of drug-likeness (QED) is 0.0224. The van der Waals surface area contributed by atoms with Crippen LogP contribution in [0.1, 0.15) is 138 Å². The molecule has 0 fully saturated rings. The Bertz CT molecular complexity index is 3490. The van der Waals surface area contributed by atoms with Crippen molar-refractivity contribution in [3.63, 3.8) is 0 Å². The summed E-state index contributed by atoms with van der Waals surface area (Å²) in [7, 11) is 0. The van der Waals surface area contributed by atoms with Crippen LogP contribution < -0.4 is 32.3 Å². The Morgan fingerprint density at radius 2 is 0.802 bits per heavy atom. The van der Waals surface area contributed by atoms with Gasteiger partial charge in [-0.25, -0.2) is 39.1 Å². The van der Waals surface area contributed by atoms with Crippen LogP contribution in [0.15, 0.2) is 164 Å². The van der Waals surface area contributed by atoms with Gasteiger partial charge in [0.1, 0.15) is 56.4 Å². The molecule has 0 spiro atoms. The molecule has 0 aliphatic carbocycles. The van der Waals surface area contributed by atoms with Crippen LogP contribution in [0.2, 0.25) is 0 Å². The lowest BCUT2D eigenvalue weighted by Gasteiger charge is -2.16. The van der Waals surface area contributed by atoms with Crippen molar-refractivity contribution in [2.24, 2.45) is 5.73 Å². The van der Waals surface area contributed by atoms with Gasteiger partial charge in [0.05, 0.1) is 6.04 Å². The number of aliphatic carboxylic acids is 1. The molecule has 0 radical (unpaired) electrons. The van der Waals surface area contributed by atoms with Crippen molar-refractivity contribution < 1.29 is 84.1 Å².